The average molecular weight is 216 g/mol. The first-order valence-electron chi connectivity index (χ1n) is 4.99. The van der Waals surface area contributed by atoms with Crippen molar-refractivity contribution in [3.8, 4) is 0 Å². The van der Waals surface area contributed by atoms with E-state index in [1.807, 2.05) is 18.7 Å². The number of nitrogens with one attached hydrogen (secondary N) is 1. The van der Waals surface area contributed by atoms with Gasteiger partial charge in [0.05, 0.1) is 0 Å². The second kappa shape index (κ2) is 4.89. The molecule has 1 aliphatic rings. The van der Waals surface area contributed by atoms with Crippen LogP contribution in [-0.4, -0.2) is 41.0 Å². The van der Waals surface area contributed by atoms with E-state index in [1.54, 1.807) is 0 Å². The largest absolute Gasteiger partial charge is 0.340 e. The highest BCUT2D eigenvalue weighted by molar-refractivity contribution is 8.00. The fourth-order valence-corrected chi connectivity index (χ4v) is 2.70. The van der Waals surface area contributed by atoms with Gasteiger partial charge in [0.1, 0.15) is 0 Å². The minimum atomic E-state index is 0.295. The van der Waals surface area contributed by atoms with Gasteiger partial charge in [0.2, 0.25) is 5.96 Å². The maximum absolute atomic E-state index is 5.45. The van der Waals surface area contributed by atoms with Crippen molar-refractivity contribution in [3.63, 3.8) is 0 Å². The van der Waals surface area contributed by atoms with Crippen molar-refractivity contribution < 1.29 is 0 Å². The molecule has 0 unspecified atom stereocenters. The van der Waals surface area contributed by atoms with E-state index in [4.69, 9.17) is 5.84 Å². The third-order valence-corrected chi connectivity index (χ3v) is 3.46. The molecule has 3 N–H and O–H groups in total. The zero-order valence-electron chi connectivity index (χ0n) is 9.21. The van der Waals surface area contributed by atoms with Gasteiger partial charge in [0, 0.05) is 30.1 Å². The molecule has 0 atom stereocenters. The summed E-state index contributed by atoms with van der Waals surface area (Å²) in [4.78, 5) is 6.55. The lowest BCUT2D eigenvalue weighted by Gasteiger charge is -2.38. The van der Waals surface area contributed by atoms with Crippen LogP contribution in [0, 0.1) is 0 Å². The van der Waals surface area contributed by atoms with Crippen molar-refractivity contribution in [3.05, 3.63) is 0 Å². The fourth-order valence-electron chi connectivity index (χ4n) is 1.58. The second-order valence-electron chi connectivity index (χ2n) is 3.97. The molecular formula is C9H20N4S. The molecular weight excluding hydrogens is 196 g/mol. The molecule has 0 saturated carbocycles. The van der Waals surface area contributed by atoms with Crippen LogP contribution in [0.5, 0.6) is 0 Å². The van der Waals surface area contributed by atoms with Gasteiger partial charge in [-0.3, -0.25) is 10.4 Å². The van der Waals surface area contributed by atoms with Crippen molar-refractivity contribution in [2.45, 2.75) is 25.5 Å². The molecule has 0 bridgehead atoms. The number of aliphatic imine (C=N–C) groups is 1. The van der Waals surface area contributed by atoms with E-state index in [2.05, 4.69) is 29.2 Å². The second-order valence-corrected chi connectivity index (χ2v) is 5.77. The molecule has 82 valence electrons. The van der Waals surface area contributed by atoms with E-state index >= 15 is 0 Å². The van der Waals surface area contributed by atoms with E-state index in [9.17, 15) is 0 Å². The predicted molar refractivity (Wildman–Crippen MR) is 63.4 cm³/mol. The summed E-state index contributed by atoms with van der Waals surface area (Å²) in [6.07, 6.45) is 0. The summed E-state index contributed by atoms with van der Waals surface area (Å²) >= 11 is 2.00. The monoisotopic (exact) mass is 216 g/mol. The summed E-state index contributed by atoms with van der Waals surface area (Å²) in [5.74, 6) is 7.41. The van der Waals surface area contributed by atoms with Crippen LogP contribution in [0.3, 0.4) is 0 Å². The number of thioether (sulfide) groups is 1. The Morgan fingerprint density at radius 1 is 1.64 bits per heavy atom. The van der Waals surface area contributed by atoms with Gasteiger partial charge in [-0.05, 0) is 20.8 Å². The zero-order valence-corrected chi connectivity index (χ0v) is 10.0. The van der Waals surface area contributed by atoms with Crippen LogP contribution in [0.2, 0.25) is 0 Å². The van der Waals surface area contributed by atoms with Crippen LogP contribution in [0.1, 0.15) is 20.8 Å². The lowest BCUT2D eigenvalue weighted by Crippen LogP contribution is -2.52. The molecule has 0 aliphatic carbocycles. The highest BCUT2D eigenvalue weighted by Gasteiger charge is 2.28. The number of guanidine groups is 1. The normalized spacial score (nSPS) is 22.3. The van der Waals surface area contributed by atoms with Gasteiger partial charge in [0.25, 0.3) is 0 Å². The van der Waals surface area contributed by atoms with Gasteiger partial charge in [0.15, 0.2) is 0 Å². The van der Waals surface area contributed by atoms with Crippen LogP contribution in [-0.2, 0) is 0 Å². The number of hydrazine groups is 1. The topological polar surface area (TPSA) is 53.6 Å². The number of nitrogens with zero attached hydrogens (tertiary/aromatic N) is 2. The highest BCUT2D eigenvalue weighted by atomic mass is 32.2. The standard InChI is InChI=1S/C9H20N4S/c1-4-11-8(12-10)13-5-6-14-9(2,3)7-13/h4-7,10H2,1-3H3,(H,11,12). The molecule has 1 saturated heterocycles. The van der Waals surface area contributed by atoms with Gasteiger partial charge in [-0.2, -0.15) is 11.8 Å². The number of hydrogen-bond acceptors (Lipinski definition) is 3. The summed E-state index contributed by atoms with van der Waals surface area (Å²) in [6.45, 7) is 9.32. The number of nitrogens with two attached hydrogens (primary N) is 1. The molecule has 5 heteroatoms. The minimum absolute atomic E-state index is 0.295. The Bertz CT molecular complexity index is 215. The maximum Gasteiger partial charge on any atom is 0.208 e. The van der Waals surface area contributed by atoms with Crippen molar-refractivity contribution >= 4 is 17.7 Å². The first kappa shape index (κ1) is 11.7. The molecule has 0 spiro atoms. The first-order valence-corrected chi connectivity index (χ1v) is 5.97. The molecule has 0 aromatic heterocycles. The van der Waals surface area contributed by atoms with Crippen LogP contribution in [0.25, 0.3) is 0 Å². The summed E-state index contributed by atoms with van der Waals surface area (Å²) in [7, 11) is 0. The molecule has 4 nitrogen and oxygen atoms in total. The Labute approximate surface area is 90.3 Å². The Hall–Kier alpha value is -0.420. The van der Waals surface area contributed by atoms with Gasteiger partial charge in [-0.1, -0.05) is 0 Å². The average Bonchev–Trinajstić information content (AvgIpc) is 2.12. The van der Waals surface area contributed by atoms with E-state index < -0.39 is 0 Å². The number of hydrogen-bond donors (Lipinski definition) is 2. The van der Waals surface area contributed by atoms with E-state index in [0.717, 1.165) is 31.3 Å². The summed E-state index contributed by atoms with van der Waals surface area (Å²) in [5.41, 5.74) is 2.68. The Morgan fingerprint density at radius 3 is 2.86 bits per heavy atom. The Balaban J connectivity index is 2.63. The first-order chi connectivity index (χ1) is 6.59. The maximum atomic E-state index is 5.45. The van der Waals surface area contributed by atoms with Crippen molar-refractivity contribution in [2.75, 3.05) is 25.4 Å². The van der Waals surface area contributed by atoms with Gasteiger partial charge >= 0.3 is 0 Å². The quantitative estimate of drug-likeness (QED) is 0.292. The van der Waals surface area contributed by atoms with Crippen LogP contribution >= 0.6 is 11.8 Å². The fraction of sp³-hybridized carbons (Fsp3) is 0.889. The molecule has 14 heavy (non-hydrogen) atoms. The van der Waals surface area contributed by atoms with E-state index in [-0.39, 0.29) is 0 Å². The molecule has 1 aliphatic heterocycles. The molecule has 0 aromatic rings. The van der Waals surface area contributed by atoms with Crippen LogP contribution in [0.4, 0.5) is 0 Å². The van der Waals surface area contributed by atoms with Crippen LogP contribution in [0.15, 0.2) is 4.99 Å². The summed E-state index contributed by atoms with van der Waals surface area (Å²) in [5, 5.41) is 0. The van der Waals surface area contributed by atoms with E-state index in [0.29, 0.717) is 4.75 Å². The molecule has 1 fully saturated rings. The molecule has 1 heterocycles. The summed E-state index contributed by atoms with van der Waals surface area (Å²) < 4.78 is 0.295. The number of rotatable bonds is 1. The molecule has 0 aromatic carbocycles. The Morgan fingerprint density at radius 2 is 2.36 bits per heavy atom. The third-order valence-electron chi connectivity index (χ3n) is 2.16. The Kier molecular flexibility index (Phi) is 4.07. The van der Waals surface area contributed by atoms with Crippen molar-refractivity contribution in [1.29, 1.82) is 0 Å². The summed E-state index contributed by atoms with van der Waals surface area (Å²) in [6, 6.07) is 0. The van der Waals surface area contributed by atoms with Gasteiger partial charge < -0.3 is 4.90 Å². The van der Waals surface area contributed by atoms with E-state index in [1.165, 1.54) is 0 Å². The SMILES string of the molecule is CCN=C(NN)N1CCSC(C)(C)C1. The van der Waals surface area contributed by atoms with Crippen molar-refractivity contribution in [2.24, 2.45) is 10.8 Å². The lowest BCUT2D eigenvalue weighted by atomic mass is 10.2. The minimum Gasteiger partial charge on any atom is -0.340 e. The lowest BCUT2D eigenvalue weighted by molar-refractivity contribution is 0.376. The smallest absolute Gasteiger partial charge is 0.208 e. The zero-order chi connectivity index (χ0) is 10.6. The highest BCUT2D eigenvalue weighted by Crippen LogP contribution is 2.29. The predicted octanol–water partition coefficient (Wildman–Crippen LogP) is 0.653. The van der Waals surface area contributed by atoms with Crippen LogP contribution < -0.4 is 11.3 Å². The van der Waals surface area contributed by atoms with Gasteiger partial charge in [-0.25, -0.2) is 5.84 Å². The third kappa shape index (κ3) is 3.06. The molecule has 1 rings (SSSR count). The molecule has 0 radical (unpaired) electrons. The molecule has 0 amide bonds. The van der Waals surface area contributed by atoms with Crippen molar-refractivity contribution in [1.82, 2.24) is 10.3 Å². The van der Waals surface area contributed by atoms with Gasteiger partial charge in [-0.15, -0.1) is 0 Å².